The molecule has 318 valence electrons. The van der Waals surface area contributed by atoms with Crippen LogP contribution >= 0.6 is 30.1 Å². The highest BCUT2D eigenvalue weighted by atomic mass is 33.1. The topological polar surface area (TPSA) is 155 Å². The van der Waals surface area contributed by atoms with Gasteiger partial charge in [0.1, 0.15) is 17.5 Å². The summed E-state index contributed by atoms with van der Waals surface area (Å²) in [6.45, 7) is 16.1. The van der Waals surface area contributed by atoms with Gasteiger partial charge in [-0.15, -0.1) is 0 Å². The van der Waals surface area contributed by atoms with E-state index < -0.39 is 55.8 Å². The normalized spacial score (nSPS) is 19.9. The Morgan fingerprint density at radius 2 is 1.58 bits per heavy atom. The van der Waals surface area contributed by atoms with Crippen molar-refractivity contribution in [3.63, 3.8) is 0 Å². The van der Waals surface area contributed by atoms with E-state index in [2.05, 4.69) is 11.9 Å². The predicted octanol–water partition coefficient (Wildman–Crippen LogP) is 8.58. The molecule has 1 aromatic heterocycles. The van der Waals surface area contributed by atoms with Gasteiger partial charge in [-0.2, -0.15) is 9.59 Å². The molecular formula is C38H67FN3O10PS2. The van der Waals surface area contributed by atoms with Crippen molar-refractivity contribution < 1.29 is 42.0 Å². The lowest BCUT2D eigenvalue weighted by atomic mass is 9.87. The zero-order valence-electron chi connectivity index (χ0n) is 34.3. The van der Waals surface area contributed by atoms with Crippen molar-refractivity contribution in [3.05, 3.63) is 33.1 Å². The summed E-state index contributed by atoms with van der Waals surface area (Å²) < 4.78 is 50.0. The van der Waals surface area contributed by atoms with Gasteiger partial charge in [0.05, 0.1) is 25.9 Å². The standard InChI is InChI=1S/C37H67FN3O8PS2.CO2/c1-9-13-14-15-16-17-18-19-20-21-24-51-52-27-45-25-37(11-3,35(43)46-12-4)26-47-50(41(28(5)6)29(7)8)49-33-30(10-2)48-34(32(33)38)40-23-22-31(42)39-36(40)44;2-1-3/h22-23,28-30,32-34H,9-21,24-27H2,1-8H3,(H,39,42,44);/t30-,32+,33?,34-,37?,50?;/m1./s1. The number of ether oxygens (including phenoxy) is 3. The highest BCUT2D eigenvalue weighted by molar-refractivity contribution is 8.76. The molecule has 0 bridgehead atoms. The van der Waals surface area contributed by atoms with Crippen LogP contribution in [-0.2, 0) is 37.6 Å². The van der Waals surface area contributed by atoms with Crippen LogP contribution in [-0.4, -0.2) is 88.3 Å². The number of aromatic nitrogens is 2. The van der Waals surface area contributed by atoms with E-state index in [1.807, 2.05) is 46.2 Å². The summed E-state index contributed by atoms with van der Waals surface area (Å²) in [6, 6.07) is 1.07. The number of halogens is 1. The molecule has 1 fully saturated rings. The van der Waals surface area contributed by atoms with Crippen molar-refractivity contribution in [2.24, 2.45) is 5.41 Å². The number of unbranched alkanes of at least 4 members (excludes halogenated alkanes) is 9. The van der Waals surface area contributed by atoms with Crippen LogP contribution in [0.3, 0.4) is 0 Å². The number of carbonyl (C=O) groups excluding carboxylic acids is 3. The largest absolute Gasteiger partial charge is 0.465 e. The zero-order chi connectivity index (χ0) is 41.2. The number of rotatable bonds is 29. The van der Waals surface area contributed by atoms with Gasteiger partial charge in [0, 0.05) is 30.1 Å². The molecule has 0 aliphatic carbocycles. The number of nitrogens with one attached hydrogen (secondary N) is 1. The highest BCUT2D eigenvalue weighted by Gasteiger charge is 2.50. The minimum Gasteiger partial charge on any atom is -0.465 e. The van der Waals surface area contributed by atoms with Crippen molar-refractivity contribution in [3.8, 4) is 0 Å². The third-order valence-corrected chi connectivity index (χ3v) is 13.5. The maximum Gasteiger partial charge on any atom is 0.373 e. The Hall–Kier alpha value is -1.61. The van der Waals surface area contributed by atoms with E-state index in [-0.39, 0.29) is 38.1 Å². The number of carbonyl (C=O) groups is 1. The molecule has 0 spiro atoms. The monoisotopic (exact) mass is 839 g/mol. The fraction of sp³-hybridized carbons (Fsp3) is 0.842. The number of hydrogen-bond acceptors (Lipinski definition) is 13. The average Bonchev–Trinajstić information content (AvgIpc) is 3.45. The second-order valence-corrected chi connectivity index (χ2v) is 18.0. The van der Waals surface area contributed by atoms with Crippen LogP contribution in [0.25, 0.3) is 0 Å². The van der Waals surface area contributed by atoms with Gasteiger partial charge >= 0.3 is 17.8 Å². The van der Waals surface area contributed by atoms with Crippen LogP contribution < -0.4 is 11.2 Å². The van der Waals surface area contributed by atoms with Gasteiger partial charge in [0.2, 0.25) is 0 Å². The fourth-order valence-corrected chi connectivity index (χ4v) is 9.86. The van der Waals surface area contributed by atoms with Crippen LogP contribution in [0.1, 0.15) is 139 Å². The summed E-state index contributed by atoms with van der Waals surface area (Å²) in [5.41, 5.74) is -2.45. The van der Waals surface area contributed by atoms with E-state index in [0.717, 1.165) is 16.4 Å². The van der Waals surface area contributed by atoms with Crippen molar-refractivity contribution in [2.45, 2.75) is 169 Å². The summed E-state index contributed by atoms with van der Waals surface area (Å²) in [5.74, 6) is 1.07. The summed E-state index contributed by atoms with van der Waals surface area (Å²) >= 11 is 0. The fourth-order valence-electron chi connectivity index (χ4n) is 6.21. The van der Waals surface area contributed by atoms with E-state index >= 15 is 4.39 Å². The zero-order valence-corrected chi connectivity index (χ0v) is 36.8. The summed E-state index contributed by atoms with van der Waals surface area (Å²) in [7, 11) is 1.51. The van der Waals surface area contributed by atoms with Crippen LogP contribution in [0, 0.1) is 5.41 Å². The second kappa shape index (κ2) is 29.6. The minimum absolute atomic E-state index is 0.0389. The molecule has 0 amide bonds. The van der Waals surface area contributed by atoms with E-state index in [1.165, 1.54) is 70.4 Å². The molecule has 1 N–H and O–H groups in total. The average molecular weight is 840 g/mol. The molecular weight excluding hydrogens is 773 g/mol. The molecule has 1 aromatic rings. The maximum absolute atomic E-state index is 16.2. The number of nitrogens with zero attached hydrogens (tertiary/aromatic N) is 2. The molecule has 1 saturated heterocycles. The lowest BCUT2D eigenvalue weighted by molar-refractivity contribution is -0.191. The molecule has 3 unspecified atom stereocenters. The Kier molecular flexibility index (Phi) is 27.6. The molecule has 2 rings (SSSR count). The van der Waals surface area contributed by atoms with E-state index in [4.69, 9.17) is 32.8 Å². The molecule has 0 aromatic carbocycles. The van der Waals surface area contributed by atoms with Crippen LogP contribution in [0.4, 0.5) is 4.39 Å². The van der Waals surface area contributed by atoms with Crippen molar-refractivity contribution in [1.29, 1.82) is 0 Å². The number of esters is 1. The van der Waals surface area contributed by atoms with E-state index in [0.29, 0.717) is 18.8 Å². The molecule has 13 nitrogen and oxygen atoms in total. The molecule has 6 atom stereocenters. The number of aromatic amines is 1. The summed E-state index contributed by atoms with van der Waals surface area (Å²) in [5, 5.41) is 0. The Morgan fingerprint density at radius 1 is 0.982 bits per heavy atom. The lowest BCUT2D eigenvalue weighted by Crippen LogP contribution is -2.43. The van der Waals surface area contributed by atoms with Gasteiger partial charge in [0.25, 0.3) is 14.1 Å². The Labute approximate surface area is 336 Å². The van der Waals surface area contributed by atoms with Crippen LogP contribution in [0.5, 0.6) is 0 Å². The van der Waals surface area contributed by atoms with Gasteiger partial charge in [0.15, 0.2) is 12.4 Å². The molecule has 1 aliphatic heterocycles. The maximum atomic E-state index is 16.2. The third kappa shape index (κ3) is 18.2. The van der Waals surface area contributed by atoms with Crippen molar-refractivity contribution >= 4 is 42.2 Å². The second-order valence-electron chi connectivity index (χ2n) is 14.1. The number of H-pyrrole nitrogens is 1. The highest BCUT2D eigenvalue weighted by Crippen LogP contribution is 2.52. The Balaban J connectivity index is 0.00000487. The predicted molar refractivity (Wildman–Crippen MR) is 217 cm³/mol. The van der Waals surface area contributed by atoms with Gasteiger partial charge < -0.3 is 23.3 Å². The SMILES string of the molecule is CCCCCCCCCCCCSSCOCC(CC)(COP(OC1[C@@H](CC)O[C@@H](n2ccc(=O)[nH]c2=O)[C@H]1F)N(C(C)C)C(C)C)C(=O)OCC.O=C=O. The Morgan fingerprint density at radius 3 is 2.11 bits per heavy atom. The quantitative estimate of drug-likeness (QED) is 0.0269. The molecule has 55 heavy (non-hydrogen) atoms. The molecule has 2 heterocycles. The molecule has 0 radical (unpaired) electrons. The lowest BCUT2D eigenvalue weighted by Gasteiger charge is -2.39. The first-order valence-corrected chi connectivity index (χ1v) is 23.5. The van der Waals surface area contributed by atoms with E-state index in [9.17, 15) is 14.4 Å². The first-order chi connectivity index (χ1) is 26.4. The first-order valence-electron chi connectivity index (χ1n) is 19.8. The summed E-state index contributed by atoms with van der Waals surface area (Å²) in [6.07, 6.45) is 10.6. The van der Waals surface area contributed by atoms with Crippen molar-refractivity contribution in [2.75, 3.05) is 31.5 Å². The third-order valence-electron chi connectivity index (χ3n) is 9.26. The number of hydrogen-bond donors (Lipinski definition) is 1. The van der Waals surface area contributed by atoms with Crippen molar-refractivity contribution in [1.82, 2.24) is 14.2 Å². The molecule has 1 aliphatic rings. The minimum atomic E-state index is -1.92. The Bertz CT molecular complexity index is 1330. The van der Waals surface area contributed by atoms with Gasteiger partial charge in [-0.25, -0.2) is 13.9 Å². The van der Waals surface area contributed by atoms with Gasteiger partial charge in [-0.1, -0.05) is 100 Å². The van der Waals surface area contributed by atoms with E-state index in [1.54, 1.807) is 28.5 Å². The molecule has 0 saturated carbocycles. The molecule has 17 heteroatoms. The van der Waals surface area contributed by atoms with Gasteiger partial charge in [-0.05, 0) is 53.9 Å². The van der Waals surface area contributed by atoms with Gasteiger partial charge in [-0.3, -0.25) is 19.1 Å². The van der Waals surface area contributed by atoms with Crippen LogP contribution in [0.2, 0.25) is 0 Å². The first kappa shape index (κ1) is 51.4. The summed E-state index contributed by atoms with van der Waals surface area (Å²) in [4.78, 5) is 56.1. The van der Waals surface area contributed by atoms with Crippen LogP contribution in [0.15, 0.2) is 21.9 Å². The smallest absolute Gasteiger partial charge is 0.373 e. The number of alkyl halides is 1.